The fraction of sp³-hybridized carbons (Fsp3) is 0.190. The number of hydrogen-bond acceptors (Lipinski definition) is 5. The molecule has 1 aliphatic heterocycles. The lowest BCUT2D eigenvalue weighted by molar-refractivity contribution is -0.132. The average molecular weight is 397 g/mol. The minimum Gasteiger partial charge on any atom is -0.482 e. The van der Waals surface area contributed by atoms with E-state index in [0.717, 1.165) is 22.2 Å². The van der Waals surface area contributed by atoms with Crippen LogP contribution in [0.15, 0.2) is 62.8 Å². The van der Waals surface area contributed by atoms with Crippen LogP contribution in [0.25, 0.3) is 11.0 Å². The zero-order chi connectivity index (χ0) is 19.7. The van der Waals surface area contributed by atoms with Crippen molar-refractivity contribution in [2.24, 2.45) is 5.10 Å². The lowest BCUT2D eigenvalue weighted by Crippen LogP contribution is -2.28. The molecule has 1 amide bonds. The topological polar surface area (TPSA) is 72.1 Å². The second-order valence-corrected chi connectivity index (χ2v) is 6.90. The predicted molar refractivity (Wildman–Crippen MR) is 107 cm³/mol. The second kappa shape index (κ2) is 7.48. The van der Waals surface area contributed by atoms with Crippen LogP contribution in [0.2, 0.25) is 5.02 Å². The van der Waals surface area contributed by atoms with Crippen LogP contribution in [0.1, 0.15) is 17.5 Å². The molecule has 3 aromatic rings. The molecular formula is C21H17ClN2O4. The molecule has 0 atom stereocenters. The first-order valence-electron chi connectivity index (χ1n) is 8.81. The van der Waals surface area contributed by atoms with Crippen LogP contribution >= 0.6 is 11.6 Å². The fourth-order valence-corrected chi connectivity index (χ4v) is 3.33. The maximum absolute atomic E-state index is 12.5. The van der Waals surface area contributed by atoms with E-state index in [4.69, 9.17) is 20.8 Å². The van der Waals surface area contributed by atoms with Gasteiger partial charge in [0, 0.05) is 23.9 Å². The molecule has 142 valence electrons. The Labute approximate surface area is 166 Å². The zero-order valence-electron chi connectivity index (χ0n) is 15.1. The van der Waals surface area contributed by atoms with E-state index >= 15 is 0 Å². The van der Waals surface area contributed by atoms with Crippen LogP contribution in [0.3, 0.4) is 0 Å². The Morgan fingerprint density at radius 3 is 2.82 bits per heavy atom. The molecule has 0 saturated heterocycles. The summed E-state index contributed by atoms with van der Waals surface area (Å²) >= 11 is 6.26. The fourth-order valence-electron chi connectivity index (χ4n) is 3.11. The van der Waals surface area contributed by atoms with Gasteiger partial charge in [-0.1, -0.05) is 41.9 Å². The lowest BCUT2D eigenvalue weighted by Gasteiger charge is -2.13. The summed E-state index contributed by atoms with van der Waals surface area (Å²) in [6.45, 7) is 2.09. The molecule has 0 saturated carbocycles. The summed E-state index contributed by atoms with van der Waals surface area (Å²) in [5.74, 6) is 0.00974. The highest BCUT2D eigenvalue weighted by atomic mass is 35.5. The standard InChI is InChI=1S/C21H17ClN2O4/c1-13-9-21(26)28-18-11-19(16(22)10-15(13)18)27-12-20(25)24-8-7-17(23-24)14-5-3-2-4-6-14/h2-6,9-11H,7-8,12H2,1H3. The van der Waals surface area contributed by atoms with Gasteiger partial charge in [0.2, 0.25) is 0 Å². The Morgan fingerprint density at radius 1 is 1.25 bits per heavy atom. The van der Waals surface area contributed by atoms with Crippen molar-refractivity contribution in [3.05, 3.63) is 75.1 Å². The average Bonchev–Trinajstić information content (AvgIpc) is 3.18. The second-order valence-electron chi connectivity index (χ2n) is 6.50. The van der Waals surface area contributed by atoms with Crippen molar-refractivity contribution in [3.8, 4) is 5.75 Å². The van der Waals surface area contributed by atoms with E-state index in [9.17, 15) is 9.59 Å². The Morgan fingerprint density at radius 2 is 2.04 bits per heavy atom. The van der Waals surface area contributed by atoms with E-state index in [1.807, 2.05) is 30.3 Å². The molecule has 0 fully saturated rings. The maximum Gasteiger partial charge on any atom is 0.336 e. The number of amides is 1. The summed E-state index contributed by atoms with van der Waals surface area (Å²) < 4.78 is 10.8. The number of hydrazone groups is 1. The van der Waals surface area contributed by atoms with Gasteiger partial charge in [-0.15, -0.1) is 0 Å². The monoisotopic (exact) mass is 396 g/mol. The highest BCUT2D eigenvalue weighted by molar-refractivity contribution is 6.32. The van der Waals surface area contributed by atoms with Gasteiger partial charge in [-0.05, 0) is 24.1 Å². The van der Waals surface area contributed by atoms with Crippen LogP contribution in [0.5, 0.6) is 5.75 Å². The summed E-state index contributed by atoms with van der Waals surface area (Å²) in [5.41, 5.74) is 2.55. The Balaban J connectivity index is 1.49. The molecule has 0 spiro atoms. The van der Waals surface area contributed by atoms with Crippen LogP contribution in [0, 0.1) is 6.92 Å². The molecule has 6 nitrogen and oxygen atoms in total. The van der Waals surface area contributed by atoms with E-state index in [-0.39, 0.29) is 18.3 Å². The zero-order valence-corrected chi connectivity index (χ0v) is 15.9. The number of rotatable bonds is 4. The van der Waals surface area contributed by atoms with Crippen molar-refractivity contribution in [1.29, 1.82) is 0 Å². The molecule has 1 aliphatic rings. The highest BCUT2D eigenvalue weighted by Gasteiger charge is 2.22. The van der Waals surface area contributed by atoms with Crippen molar-refractivity contribution < 1.29 is 13.9 Å². The van der Waals surface area contributed by atoms with Crippen LogP contribution in [-0.2, 0) is 4.79 Å². The summed E-state index contributed by atoms with van der Waals surface area (Å²) in [6, 6.07) is 14.3. The van der Waals surface area contributed by atoms with Crippen molar-refractivity contribution in [3.63, 3.8) is 0 Å². The molecule has 28 heavy (non-hydrogen) atoms. The molecule has 1 aromatic heterocycles. The molecule has 0 bridgehead atoms. The largest absolute Gasteiger partial charge is 0.482 e. The number of fused-ring (bicyclic) bond motifs is 1. The maximum atomic E-state index is 12.5. The van der Waals surface area contributed by atoms with E-state index in [2.05, 4.69) is 5.10 Å². The Hall–Kier alpha value is -3.12. The van der Waals surface area contributed by atoms with Crippen molar-refractivity contribution >= 4 is 34.2 Å². The minimum atomic E-state index is -0.450. The summed E-state index contributed by atoms with van der Waals surface area (Å²) in [6.07, 6.45) is 0.691. The Kier molecular flexibility index (Phi) is 4.88. The highest BCUT2D eigenvalue weighted by Crippen LogP contribution is 2.31. The smallest absolute Gasteiger partial charge is 0.336 e. The van der Waals surface area contributed by atoms with Gasteiger partial charge >= 0.3 is 5.63 Å². The third-order valence-electron chi connectivity index (χ3n) is 4.55. The third-order valence-corrected chi connectivity index (χ3v) is 4.85. The number of nitrogens with zero attached hydrogens (tertiary/aromatic N) is 2. The normalized spacial score (nSPS) is 13.6. The Bertz CT molecular complexity index is 1140. The van der Waals surface area contributed by atoms with E-state index in [1.165, 1.54) is 17.1 Å². The van der Waals surface area contributed by atoms with Crippen molar-refractivity contribution in [2.75, 3.05) is 13.2 Å². The molecule has 0 unspecified atom stereocenters. The molecule has 0 aliphatic carbocycles. The molecule has 7 heteroatoms. The number of ether oxygens (including phenoxy) is 1. The van der Waals surface area contributed by atoms with Crippen molar-refractivity contribution in [1.82, 2.24) is 5.01 Å². The van der Waals surface area contributed by atoms with Gasteiger partial charge in [0.05, 0.1) is 17.3 Å². The van der Waals surface area contributed by atoms with Crippen LogP contribution in [-0.4, -0.2) is 29.8 Å². The van der Waals surface area contributed by atoms with E-state index in [1.54, 1.807) is 13.0 Å². The summed E-state index contributed by atoms with van der Waals surface area (Å²) in [7, 11) is 0. The van der Waals surface area contributed by atoms with Gasteiger partial charge in [0.15, 0.2) is 6.61 Å². The number of hydrogen-bond donors (Lipinski definition) is 0. The molecule has 0 radical (unpaired) electrons. The molecule has 0 N–H and O–H groups in total. The van der Waals surface area contributed by atoms with Gasteiger partial charge in [-0.3, -0.25) is 4.79 Å². The predicted octanol–water partition coefficient (Wildman–Crippen LogP) is 3.77. The quantitative estimate of drug-likeness (QED) is 0.629. The van der Waals surface area contributed by atoms with Crippen molar-refractivity contribution in [2.45, 2.75) is 13.3 Å². The number of benzene rings is 2. The summed E-state index contributed by atoms with van der Waals surface area (Å²) in [4.78, 5) is 24.0. The number of carbonyl (C=O) groups is 1. The molecule has 2 heterocycles. The van der Waals surface area contributed by atoms with Crippen LogP contribution < -0.4 is 10.4 Å². The molecule has 4 rings (SSSR count). The van der Waals surface area contributed by atoms with Gasteiger partial charge < -0.3 is 9.15 Å². The number of halogens is 1. The van der Waals surface area contributed by atoms with Gasteiger partial charge in [-0.2, -0.15) is 5.10 Å². The van der Waals surface area contributed by atoms with E-state index in [0.29, 0.717) is 23.6 Å². The first-order chi connectivity index (χ1) is 13.5. The van der Waals surface area contributed by atoms with Crippen LogP contribution in [0.4, 0.5) is 0 Å². The van der Waals surface area contributed by atoms with E-state index < -0.39 is 5.63 Å². The first kappa shape index (κ1) is 18.3. The molecule has 2 aromatic carbocycles. The third kappa shape index (κ3) is 3.64. The van der Waals surface area contributed by atoms with Gasteiger partial charge in [-0.25, -0.2) is 9.80 Å². The first-order valence-corrected chi connectivity index (χ1v) is 9.19. The summed E-state index contributed by atoms with van der Waals surface area (Å²) in [5, 5.41) is 6.86. The number of aryl methyl sites for hydroxylation is 1. The van der Waals surface area contributed by atoms with Gasteiger partial charge in [0.1, 0.15) is 11.3 Å². The lowest BCUT2D eigenvalue weighted by atomic mass is 10.1. The molecular weight excluding hydrogens is 380 g/mol. The number of carbonyl (C=O) groups excluding carboxylic acids is 1. The SMILES string of the molecule is Cc1cc(=O)oc2cc(OCC(=O)N3CCC(c4ccccc4)=N3)c(Cl)cc12. The van der Waals surface area contributed by atoms with Gasteiger partial charge in [0.25, 0.3) is 5.91 Å². The minimum absolute atomic E-state index is 0.215.